The maximum Gasteiger partial charge on any atom is 0.0363 e. The summed E-state index contributed by atoms with van der Waals surface area (Å²) in [5.74, 6) is 1.69. The van der Waals surface area contributed by atoms with E-state index in [1.54, 1.807) is 0 Å². The molecule has 0 bridgehead atoms. The molecule has 0 radical (unpaired) electrons. The highest BCUT2D eigenvalue weighted by molar-refractivity contribution is 5.46. The topological polar surface area (TPSA) is 15.3 Å². The fraction of sp³-hybridized carbons (Fsp3) is 0.667. The van der Waals surface area contributed by atoms with Crippen LogP contribution in [-0.2, 0) is 6.42 Å². The molecule has 2 atom stereocenters. The zero-order chi connectivity index (χ0) is 14.4. The number of benzene rings is 1. The second kappa shape index (κ2) is 7.68. The van der Waals surface area contributed by atoms with E-state index in [2.05, 4.69) is 55.4 Å². The van der Waals surface area contributed by atoms with E-state index >= 15 is 0 Å². The molecule has 2 unspecified atom stereocenters. The van der Waals surface area contributed by atoms with E-state index in [4.69, 9.17) is 0 Å². The van der Waals surface area contributed by atoms with Gasteiger partial charge in [0.15, 0.2) is 0 Å². The molecular weight excluding hydrogens is 244 g/mol. The Balaban J connectivity index is 1.79. The number of anilines is 1. The molecule has 1 fully saturated rings. The lowest BCUT2D eigenvalue weighted by Gasteiger charge is -2.30. The molecule has 20 heavy (non-hydrogen) atoms. The van der Waals surface area contributed by atoms with Crippen molar-refractivity contribution in [1.29, 1.82) is 0 Å². The van der Waals surface area contributed by atoms with Crippen LogP contribution in [0.5, 0.6) is 0 Å². The van der Waals surface area contributed by atoms with Crippen molar-refractivity contribution >= 4 is 5.69 Å². The van der Waals surface area contributed by atoms with Crippen molar-refractivity contribution in [2.75, 3.05) is 31.6 Å². The molecule has 0 spiro atoms. The van der Waals surface area contributed by atoms with Gasteiger partial charge in [0, 0.05) is 19.3 Å². The van der Waals surface area contributed by atoms with Gasteiger partial charge in [-0.15, -0.1) is 0 Å². The number of hydrogen-bond acceptors (Lipinski definition) is 2. The molecular formula is C18H30N2. The summed E-state index contributed by atoms with van der Waals surface area (Å²) in [6, 6.07) is 9.01. The Kier molecular flexibility index (Phi) is 5.90. The van der Waals surface area contributed by atoms with Crippen molar-refractivity contribution in [1.82, 2.24) is 5.32 Å². The van der Waals surface area contributed by atoms with Crippen molar-refractivity contribution in [3.63, 3.8) is 0 Å². The maximum atomic E-state index is 3.53. The van der Waals surface area contributed by atoms with Crippen molar-refractivity contribution < 1.29 is 0 Å². The average Bonchev–Trinajstić information content (AvgIpc) is 2.53. The van der Waals surface area contributed by atoms with E-state index in [0.29, 0.717) is 0 Å². The van der Waals surface area contributed by atoms with Crippen LogP contribution in [0.3, 0.4) is 0 Å². The van der Waals surface area contributed by atoms with Crippen LogP contribution >= 0.6 is 0 Å². The van der Waals surface area contributed by atoms with Gasteiger partial charge in [-0.1, -0.05) is 26.0 Å². The third kappa shape index (κ3) is 4.24. The Morgan fingerprint density at radius 1 is 1.30 bits per heavy atom. The van der Waals surface area contributed by atoms with Crippen molar-refractivity contribution in [3.8, 4) is 0 Å². The predicted octanol–water partition coefficient (Wildman–Crippen LogP) is 3.71. The zero-order valence-electron chi connectivity index (χ0n) is 13.4. The largest absolute Gasteiger partial charge is 0.375 e. The minimum atomic E-state index is 0.820. The van der Waals surface area contributed by atoms with E-state index in [1.165, 1.54) is 43.6 Å². The quantitative estimate of drug-likeness (QED) is 0.850. The highest BCUT2D eigenvalue weighted by Gasteiger charge is 2.19. The van der Waals surface area contributed by atoms with Crippen LogP contribution in [0.2, 0.25) is 0 Å². The molecule has 2 rings (SSSR count). The summed E-state index contributed by atoms with van der Waals surface area (Å²) in [7, 11) is 2.22. The molecule has 1 aromatic carbocycles. The zero-order valence-corrected chi connectivity index (χ0v) is 13.4. The van der Waals surface area contributed by atoms with Gasteiger partial charge >= 0.3 is 0 Å². The van der Waals surface area contributed by atoms with Crippen LogP contribution in [0.1, 0.15) is 38.7 Å². The molecule has 0 aliphatic carbocycles. The summed E-state index contributed by atoms with van der Waals surface area (Å²) in [6.45, 7) is 8.22. The van der Waals surface area contributed by atoms with E-state index in [1.807, 2.05) is 0 Å². The minimum Gasteiger partial charge on any atom is -0.375 e. The number of piperidine rings is 1. The smallest absolute Gasteiger partial charge is 0.0363 e. The molecule has 2 heteroatoms. The molecule has 1 aliphatic heterocycles. The standard InChI is InChI=1S/C18H30N2/c1-4-16-7-9-18(10-8-16)20(3)13-11-15(2)17-6-5-12-19-14-17/h7-10,15,17,19H,4-6,11-14H2,1-3H3. The fourth-order valence-corrected chi connectivity index (χ4v) is 3.11. The Morgan fingerprint density at radius 3 is 2.65 bits per heavy atom. The molecule has 0 amide bonds. The minimum absolute atomic E-state index is 0.820. The second-order valence-corrected chi connectivity index (χ2v) is 6.31. The molecule has 1 saturated heterocycles. The third-order valence-corrected chi connectivity index (χ3v) is 4.84. The van der Waals surface area contributed by atoms with Gasteiger partial charge in [-0.05, 0) is 68.3 Å². The van der Waals surface area contributed by atoms with Gasteiger partial charge in [-0.3, -0.25) is 0 Å². The van der Waals surface area contributed by atoms with Crippen LogP contribution in [0.4, 0.5) is 5.69 Å². The number of rotatable bonds is 6. The van der Waals surface area contributed by atoms with Crippen molar-refractivity contribution in [3.05, 3.63) is 29.8 Å². The molecule has 2 nitrogen and oxygen atoms in total. The summed E-state index contributed by atoms with van der Waals surface area (Å²) < 4.78 is 0. The normalized spacial score (nSPS) is 20.6. The summed E-state index contributed by atoms with van der Waals surface area (Å²) in [4.78, 5) is 2.40. The Bertz CT molecular complexity index is 379. The number of nitrogens with zero attached hydrogens (tertiary/aromatic N) is 1. The molecule has 1 heterocycles. The first kappa shape index (κ1) is 15.4. The number of aryl methyl sites for hydroxylation is 1. The summed E-state index contributed by atoms with van der Waals surface area (Å²) >= 11 is 0. The average molecular weight is 274 g/mol. The Hall–Kier alpha value is -1.02. The van der Waals surface area contributed by atoms with E-state index in [-0.39, 0.29) is 0 Å². The lowest BCUT2D eigenvalue weighted by Crippen LogP contribution is -2.34. The van der Waals surface area contributed by atoms with Crippen molar-refractivity contribution in [2.24, 2.45) is 11.8 Å². The molecule has 1 N–H and O–H groups in total. The van der Waals surface area contributed by atoms with E-state index in [0.717, 1.165) is 24.8 Å². The third-order valence-electron chi connectivity index (χ3n) is 4.84. The molecule has 1 aromatic rings. The van der Waals surface area contributed by atoms with Crippen LogP contribution in [-0.4, -0.2) is 26.7 Å². The SMILES string of the molecule is CCc1ccc(N(C)CCC(C)C2CCCNC2)cc1. The van der Waals surface area contributed by atoms with Crippen LogP contribution in [0, 0.1) is 11.8 Å². The lowest BCUT2D eigenvalue weighted by atomic mass is 9.85. The summed E-state index contributed by atoms with van der Waals surface area (Å²) in [5.41, 5.74) is 2.76. The number of hydrogen-bond donors (Lipinski definition) is 1. The fourth-order valence-electron chi connectivity index (χ4n) is 3.11. The monoisotopic (exact) mass is 274 g/mol. The molecule has 0 aromatic heterocycles. The van der Waals surface area contributed by atoms with E-state index in [9.17, 15) is 0 Å². The van der Waals surface area contributed by atoms with Crippen molar-refractivity contribution in [2.45, 2.75) is 39.5 Å². The first-order valence-electron chi connectivity index (χ1n) is 8.21. The van der Waals surface area contributed by atoms with Gasteiger partial charge in [0.2, 0.25) is 0 Å². The van der Waals surface area contributed by atoms with Gasteiger partial charge in [0.05, 0.1) is 0 Å². The van der Waals surface area contributed by atoms with Gasteiger partial charge < -0.3 is 10.2 Å². The molecule has 1 aliphatic rings. The van der Waals surface area contributed by atoms with Crippen LogP contribution in [0.25, 0.3) is 0 Å². The molecule has 112 valence electrons. The first-order valence-corrected chi connectivity index (χ1v) is 8.21. The van der Waals surface area contributed by atoms with Crippen LogP contribution in [0.15, 0.2) is 24.3 Å². The van der Waals surface area contributed by atoms with Crippen LogP contribution < -0.4 is 10.2 Å². The van der Waals surface area contributed by atoms with Gasteiger partial charge in [0.1, 0.15) is 0 Å². The van der Waals surface area contributed by atoms with E-state index < -0.39 is 0 Å². The first-order chi connectivity index (χ1) is 9.70. The summed E-state index contributed by atoms with van der Waals surface area (Å²) in [6.07, 6.45) is 5.17. The van der Waals surface area contributed by atoms with Gasteiger partial charge in [0.25, 0.3) is 0 Å². The second-order valence-electron chi connectivity index (χ2n) is 6.31. The maximum absolute atomic E-state index is 3.53. The lowest BCUT2D eigenvalue weighted by molar-refractivity contribution is 0.270. The number of nitrogens with one attached hydrogen (secondary N) is 1. The highest BCUT2D eigenvalue weighted by Crippen LogP contribution is 2.23. The Morgan fingerprint density at radius 2 is 2.05 bits per heavy atom. The highest BCUT2D eigenvalue weighted by atomic mass is 15.1. The predicted molar refractivity (Wildman–Crippen MR) is 88.5 cm³/mol. The summed E-state index contributed by atoms with van der Waals surface area (Å²) in [5, 5.41) is 3.53. The Labute approximate surface area is 124 Å². The van der Waals surface area contributed by atoms with Gasteiger partial charge in [-0.25, -0.2) is 0 Å². The molecule has 0 saturated carbocycles. The van der Waals surface area contributed by atoms with Gasteiger partial charge in [-0.2, -0.15) is 0 Å².